The Hall–Kier alpha value is -3.11. The molecule has 0 saturated carbocycles. The molecule has 2 aromatic carbocycles. The first-order valence-electron chi connectivity index (χ1n) is 12.4. The van der Waals surface area contributed by atoms with Crippen LogP contribution in [0.4, 0.5) is 5.69 Å². The van der Waals surface area contributed by atoms with Gasteiger partial charge in [-0.05, 0) is 60.7 Å². The fourth-order valence-corrected chi connectivity index (χ4v) is 3.89. The number of nitrogen functional groups attached to an aromatic ring is 1. The lowest BCUT2D eigenvalue weighted by Gasteiger charge is -2.14. The highest BCUT2D eigenvalue weighted by molar-refractivity contribution is 6.38. The summed E-state index contributed by atoms with van der Waals surface area (Å²) < 4.78 is 5.35. The number of aliphatic hydroxyl groups excluding tert-OH is 1. The zero-order chi connectivity index (χ0) is 29.2. The first-order chi connectivity index (χ1) is 18.5. The number of hydrogen-bond donors (Lipinski definition) is 3. The maximum atomic E-state index is 12.0. The summed E-state index contributed by atoms with van der Waals surface area (Å²) in [5, 5.41) is 33.0. The molecule has 0 fully saturated rings. The van der Waals surface area contributed by atoms with E-state index in [0.29, 0.717) is 53.0 Å². The van der Waals surface area contributed by atoms with E-state index in [1.165, 1.54) is 0 Å². The molecular weight excluding hydrogens is 547 g/mol. The highest BCUT2D eigenvalue weighted by atomic mass is 35.5. The van der Waals surface area contributed by atoms with Crippen molar-refractivity contribution in [1.29, 1.82) is 0 Å². The average molecular weight is 581 g/mol. The number of carboxylic acids is 2. The van der Waals surface area contributed by atoms with Crippen molar-refractivity contribution in [3.8, 4) is 0 Å². The van der Waals surface area contributed by atoms with Crippen molar-refractivity contribution in [2.24, 2.45) is 0 Å². The van der Waals surface area contributed by atoms with Gasteiger partial charge >= 0.3 is 5.97 Å². The minimum Gasteiger partial charge on any atom is -0.545 e. The molecule has 0 bridgehead atoms. The molecule has 4 N–H and O–H groups in total. The number of benzene rings is 2. The van der Waals surface area contributed by atoms with E-state index in [1.54, 1.807) is 12.1 Å². The second-order valence-electron chi connectivity index (χ2n) is 8.74. The topological polar surface area (TPSA) is 165 Å². The predicted molar refractivity (Wildman–Crippen MR) is 147 cm³/mol. The third-order valence-electron chi connectivity index (χ3n) is 5.53. The van der Waals surface area contributed by atoms with Gasteiger partial charge in [-0.3, -0.25) is 4.79 Å². The number of carboxylic acid groups (broad SMARTS) is 2. The van der Waals surface area contributed by atoms with Crippen molar-refractivity contribution in [1.82, 2.24) is 5.32 Å². The van der Waals surface area contributed by atoms with Gasteiger partial charge < -0.3 is 40.7 Å². The average Bonchev–Trinajstić information content (AvgIpc) is 2.90. The molecule has 0 spiro atoms. The molecule has 2 aromatic rings. The fourth-order valence-electron chi connectivity index (χ4n) is 3.39. The minimum atomic E-state index is -1.55. The van der Waals surface area contributed by atoms with E-state index in [2.05, 4.69) is 5.32 Å². The van der Waals surface area contributed by atoms with Crippen molar-refractivity contribution in [3.63, 3.8) is 0 Å². The Labute approximate surface area is 238 Å². The van der Waals surface area contributed by atoms with Crippen LogP contribution in [0, 0.1) is 0 Å². The van der Waals surface area contributed by atoms with Crippen LogP contribution in [-0.4, -0.2) is 42.7 Å². The minimum absolute atomic E-state index is 0.144. The first kappa shape index (κ1) is 33.9. The number of carbonyl (C=O) groups is 3. The number of aliphatic hydroxyl groups is 1. The highest BCUT2D eigenvalue weighted by Gasteiger charge is 2.13. The van der Waals surface area contributed by atoms with Gasteiger partial charge in [-0.15, -0.1) is 0 Å². The molecule has 0 amide bonds. The molecule has 0 aromatic heterocycles. The van der Waals surface area contributed by atoms with E-state index in [9.17, 15) is 29.7 Å². The lowest BCUT2D eigenvalue weighted by Crippen LogP contribution is -2.23. The number of nitrogens with two attached hydrogens (primary N) is 1. The van der Waals surface area contributed by atoms with Gasteiger partial charge in [0, 0.05) is 6.54 Å². The summed E-state index contributed by atoms with van der Waals surface area (Å²) in [5.74, 6) is -3.08. The van der Waals surface area contributed by atoms with Crippen molar-refractivity contribution >= 4 is 46.8 Å². The third-order valence-corrected chi connectivity index (χ3v) is 6.16. The Morgan fingerprint density at radius 2 is 1.54 bits per heavy atom. The molecule has 0 aliphatic carbocycles. The van der Waals surface area contributed by atoms with Crippen LogP contribution in [0.2, 0.25) is 10.0 Å². The van der Waals surface area contributed by atoms with Gasteiger partial charge in [0.1, 0.15) is 0 Å². The maximum Gasteiger partial charge on any atom is 0.306 e. The molecule has 214 valence electrons. The summed E-state index contributed by atoms with van der Waals surface area (Å²) in [6.07, 6.45) is 4.33. The molecule has 0 heterocycles. The standard InChI is InChI=1S/C24H32Cl2N2O3.C4H4O4/c1-17(18-9-5-4-6-10-18)13-23(30)31-12-8-3-2-7-11-28-16-22(29)19-14-20(25)24(27)21(26)15-19;5-3(6)1-2-4(7)8/h4-6,9-10,14-15,17,22,28-29H,2-3,7-8,11-13,16,27H2,1H3;1-2H,(H,5,6)(H,7,8)/p-2/b;2-1-. The normalized spacial score (nSPS) is 12.3. The van der Waals surface area contributed by atoms with E-state index in [4.69, 9.17) is 33.7 Å². The zero-order valence-electron chi connectivity index (χ0n) is 21.7. The van der Waals surface area contributed by atoms with Crippen molar-refractivity contribution in [3.05, 3.63) is 75.8 Å². The van der Waals surface area contributed by atoms with Crippen LogP contribution in [0.1, 0.15) is 62.2 Å². The number of unbranched alkanes of at least 4 members (excludes halogenated alkanes) is 3. The summed E-state index contributed by atoms with van der Waals surface area (Å²) in [7, 11) is 0. The van der Waals surface area contributed by atoms with Crippen LogP contribution in [-0.2, 0) is 19.1 Å². The van der Waals surface area contributed by atoms with E-state index in [0.717, 1.165) is 37.8 Å². The molecule has 9 nitrogen and oxygen atoms in total. The second-order valence-corrected chi connectivity index (χ2v) is 9.55. The number of anilines is 1. The number of esters is 1. The van der Waals surface area contributed by atoms with Crippen LogP contribution < -0.4 is 21.3 Å². The molecule has 39 heavy (non-hydrogen) atoms. The van der Waals surface area contributed by atoms with Crippen LogP contribution in [0.15, 0.2) is 54.6 Å². The van der Waals surface area contributed by atoms with Crippen molar-refractivity contribution in [2.75, 3.05) is 25.4 Å². The molecule has 0 aliphatic rings. The molecule has 0 saturated heterocycles. The number of halogens is 2. The van der Waals surface area contributed by atoms with Gasteiger partial charge in [0.2, 0.25) is 0 Å². The molecule has 0 aliphatic heterocycles. The van der Waals surface area contributed by atoms with Crippen LogP contribution in [0.3, 0.4) is 0 Å². The Bertz CT molecular complexity index is 1040. The number of aliphatic carboxylic acids is 2. The number of ether oxygens (including phenoxy) is 1. The number of carbonyl (C=O) groups excluding carboxylic acids is 3. The zero-order valence-corrected chi connectivity index (χ0v) is 23.2. The Balaban J connectivity index is 0.000000824. The van der Waals surface area contributed by atoms with Gasteiger partial charge in [0.15, 0.2) is 0 Å². The van der Waals surface area contributed by atoms with E-state index < -0.39 is 18.0 Å². The molecule has 2 unspecified atom stereocenters. The quantitative estimate of drug-likeness (QED) is 0.124. The summed E-state index contributed by atoms with van der Waals surface area (Å²) in [6, 6.07) is 13.3. The summed E-state index contributed by atoms with van der Waals surface area (Å²) in [4.78, 5) is 30.8. The largest absolute Gasteiger partial charge is 0.545 e. The predicted octanol–water partition coefficient (Wildman–Crippen LogP) is 2.54. The second kappa shape index (κ2) is 19.0. The van der Waals surface area contributed by atoms with Gasteiger partial charge in [-0.25, -0.2) is 0 Å². The molecule has 11 heteroatoms. The lowest BCUT2D eigenvalue weighted by atomic mass is 9.98. The summed E-state index contributed by atoms with van der Waals surface area (Å²) in [6.45, 7) is 3.71. The first-order valence-corrected chi connectivity index (χ1v) is 13.2. The number of hydrogen-bond acceptors (Lipinski definition) is 9. The van der Waals surface area contributed by atoms with E-state index in [-0.39, 0.29) is 11.9 Å². The Morgan fingerprint density at radius 3 is 2.10 bits per heavy atom. The molecule has 0 radical (unpaired) electrons. The van der Waals surface area contributed by atoms with Crippen molar-refractivity contribution < 1.29 is 34.4 Å². The Kier molecular flexibility index (Phi) is 16.5. The third kappa shape index (κ3) is 15.2. The molecule has 2 atom stereocenters. The van der Waals surface area contributed by atoms with Gasteiger partial charge in [-0.1, -0.05) is 73.3 Å². The monoisotopic (exact) mass is 580 g/mol. The number of rotatable bonds is 15. The van der Waals surface area contributed by atoms with Gasteiger partial charge in [0.05, 0.1) is 46.8 Å². The smallest absolute Gasteiger partial charge is 0.306 e. The fraction of sp³-hybridized carbons (Fsp3) is 0.393. The summed E-state index contributed by atoms with van der Waals surface area (Å²) >= 11 is 12.0. The SMILES string of the molecule is CC(CC(=O)OCCCCCCNCC(O)c1cc(Cl)c(N)c(Cl)c1)c1ccccc1.O=C([O-])/C=C\C(=O)[O-]. The summed E-state index contributed by atoms with van der Waals surface area (Å²) in [5.41, 5.74) is 7.83. The van der Waals surface area contributed by atoms with Crippen LogP contribution in [0.5, 0.6) is 0 Å². The van der Waals surface area contributed by atoms with Gasteiger partial charge in [0.25, 0.3) is 0 Å². The molecule has 2 rings (SSSR count). The van der Waals surface area contributed by atoms with Crippen molar-refractivity contribution in [2.45, 2.75) is 51.0 Å². The van der Waals surface area contributed by atoms with E-state index in [1.807, 2.05) is 37.3 Å². The van der Waals surface area contributed by atoms with Crippen LogP contribution >= 0.6 is 23.2 Å². The highest BCUT2D eigenvalue weighted by Crippen LogP contribution is 2.31. The number of nitrogens with one attached hydrogen (secondary N) is 1. The maximum absolute atomic E-state index is 12.0. The molecular formula is C28H34Cl2N2O7-2. The van der Waals surface area contributed by atoms with Crippen LogP contribution in [0.25, 0.3) is 0 Å². The van der Waals surface area contributed by atoms with Gasteiger partial charge in [-0.2, -0.15) is 0 Å². The Morgan fingerprint density at radius 1 is 0.974 bits per heavy atom. The lowest BCUT2D eigenvalue weighted by molar-refractivity contribution is -0.301. The van der Waals surface area contributed by atoms with E-state index >= 15 is 0 Å².